The molecule has 0 saturated carbocycles. The van der Waals surface area contributed by atoms with E-state index in [1.54, 1.807) is 13.0 Å². The summed E-state index contributed by atoms with van der Waals surface area (Å²) >= 11 is 0. The van der Waals surface area contributed by atoms with E-state index in [4.69, 9.17) is 9.47 Å². The third-order valence-electron chi connectivity index (χ3n) is 2.17. The molecule has 1 aromatic heterocycles. The van der Waals surface area contributed by atoms with Gasteiger partial charge in [0.25, 0.3) is 5.91 Å². The first-order chi connectivity index (χ1) is 8.60. The van der Waals surface area contributed by atoms with Crippen molar-refractivity contribution in [3.8, 4) is 5.88 Å². The highest BCUT2D eigenvalue weighted by Gasteiger charge is 2.20. The van der Waals surface area contributed by atoms with Gasteiger partial charge in [0.15, 0.2) is 6.10 Å². The largest absolute Gasteiger partial charge is 0.477 e. The van der Waals surface area contributed by atoms with Gasteiger partial charge in [-0.25, -0.2) is 9.78 Å². The summed E-state index contributed by atoms with van der Waals surface area (Å²) in [7, 11) is 1.47. The molecule has 0 spiro atoms. The number of amides is 1. The van der Waals surface area contributed by atoms with Crippen molar-refractivity contribution >= 4 is 11.9 Å². The highest BCUT2D eigenvalue weighted by atomic mass is 16.5. The molecule has 0 aliphatic carbocycles. The van der Waals surface area contributed by atoms with Crippen molar-refractivity contribution in [2.24, 2.45) is 0 Å². The second kappa shape index (κ2) is 6.58. The van der Waals surface area contributed by atoms with Gasteiger partial charge in [-0.1, -0.05) is 0 Å². The SMILES string of the molecule is CCOc1ncccc1C(=O)OC(C)C(=O)NC. The molecule has 1 atom stereocenters. The molecule has 6 nitrogen and oxygen atoms in total. The minimum atomic E-state index is -0.864. The Kier molecular flexibility index (Phi) is 5.10. The molecule has 18 heavy (non-hydrogen) atoms. The second-order valence-corrected chi connectivity index (χ2v) is 3.45. The monoisotopic (exact) mass is 252 g/mol. The van der Waals surface area contributed by atoms with Crippen molar-refractivity contribution in [1.29, 1.82) is 0 Å². The molecular formula is C12H16N2O4. The van der Waals surface area contributed by atoms with E-state index in [1.165, 1.54) is 26.2 Å². The van der Waals surface area contributed by atoms with Gasteiger partial charge in [0.05, 0.1) is 6.61 Å². The van der Waals surface area contributed by atoms with Gasteiger partial charge in [-0.3, -0.25) is 4.79 Å². The average molecular weight is 252 g/mol. The van der Waals surface area contributed by atoms with Crippen molar-refractivity contribution in [3.63, 3.8) is 0 Å². The van der Waals surface area contributed by atoms with Crippen LogP contribution in [0.1, 0.15) is 24.2 Å². The molecule has 0 radical (unpaired) electrons. The first kappa shape index (κ1) is 14.0. The molecule has 1 N–H and O–H groups in total. The van der Waals surface area contributed by atoms with Crippen LogP contribution in [0.3, 0.4) is 0 Å². The molecule has 1 heterocycles. The van der Waals surface area contributed by atoms with Crippen molar-refractivity contribution in [2.45, 2.75) is 20.0 Å². The summed E-state index contributed by atoms with van der Waals surface area (Å²) in [6.45, 7) is 3.67. The minimum Gasteiger partial charge on any atom is -0.477 e. The van der Waals surface area contributed by atoms with Gasteiger partial charge < -0.3 is 14.8 Å². The summed E-state index contributed by atoms with van der Waals surface area (Å²) in [5.74, 6) is -0.804. The first-order valence-corrected chi connectivity index (χ1v) is 5.60. The third kappa shape index (κ3) is 3.44. The van der Waals surface area contributed by atoms with Gasteiger partial charge in [0.1, 0.15) is 5.56 Å². The molecule has 0 saturated heterocycles. The van der Waals surface area contributed by atoms with Gasteiger partial charge in [0, 0.05) is 13.2 Å². The fourth-order valence-electron chi connectivity index (χ4n) is 1.28. The number of nitrogens with one attached hydrogen (secondary N) is 1. The summed E-state index contributed by atoms with van der Waals surface area (Å²) in [5.41, 5.74) is 0.204. The Hall–Kier alpha value is -2.11. The fraction of sp³-hybridized carbons (Fsp3) is 0.417. The maximum Gasteiger partial charge on any atom is 0.344 e. The second-order valence-electron chi connectivity index (χ2n) is 3.45. The van der Waals surface area contributed by atoms with Gasteiger partial charge in [-0.2, -0.15) is 0 Å². The number of rotatable bonds is 5. The van der Waals surface area contributed by atoms with Gasteiger partial charge >= 0.3 is 5.97 Å². The van der Waals surface area contributed by atoms with E-state index in [0.29, 0.717) is 6.61 Å². The predicted molar refractivity (Wildman–Crippen MR) is 64.4 cm³/mol. The van der Waals surface area contributed by atoms with E-state index in [0.717, 1.165) is 0 Å². The number of ether oxygens (including phenoxy) is 2. The Morgan fingerprint density at radius 2 is 2.22 bits per heavy atom. The number of pyridine rings is 1. The topological polar surface area (TPSA) is 77.5 Å². The lowest BCUT2D eigenvalue weighted by Gasteiger charge is -2.13. The summed E-state index contributed by atoms with van der Waals surface area (Å²) in [4.78, 5) is 27.0. The Bertz CT molecular complexity index is 434. The lowest BCUT2D eigenvalue weighted by molar-refractivity contribution is -0.128. The number of nitrogens with zero attached hydrogens (tertiary/aromatic N) is 1. The Morgan fingerprint density at radius 3 is 2.83 bits per heavy atom. The van der Waals surface area contributed by atoms with Gasteiger partial charge in [-0.15, -0.1) is 0 Å². The van der Waals surface area contributed by atoms with Crippen molar-refractivity contribution < 1.29 is 19.1 Å². The van der Waals surface area contributed by atoms with E-state index < -0.39 is 12.1 Å². The predicted octanol–water partition coefficient (Wildman–Crippen LogP) is 0.772. The quantitative estimate of drug-likeness (QED) is 0.783. The van der Waals surface area contributed by atoms with Crippen LogP contribution in [0, 0.1) is 0 Å². The molecule has 0 aliphatic heterocycles. The highest BCUT2D eigenvalue weighted by molar-refractivity contribution is 5.94. The molecule has 0 bridgehead atoms. The number of aromatic nitrogens is 1. The van der Waals surface area contributed by atoms with Crippen LogP contribution in [-0.4, -0.2) is 36.6 Å². The summed E-state index contributed by atoms with van der Waals surface area (Å²) < 4.78 is 10.2. The molecule has 1 amide bonds. The average Bonchev–Trinajstić information content (AvgIpc) is 2.38. The summed E-state index contributed by atoms with van der Waals surface area (Å²) in [5, 5.41) is 2.40. The molecule has 1 unspecified atom stereocenters. The number of esters is 1. The van der Waals surface area contributed by atoms with Gasteiger partial charge in [0.2, 0.25) is 5.88 Å². The molecule has 0 aromatic carbocycles. The van der Waals surface area contributed by atoms with Crippen LogP contribution in [0.15, 0.2) is 18.3 Å². The van der Waals surface area contributed by atoms with Crippen LogP contribution in [0.25, 0.3) is 0 Å². The van der Waals surface area contributed by atoms with Crippen LogP contribution < -0.4 is 10.1 Å². The highest BCUT2D eigenvalue weighted by Crippen LogP contribution is 2.16. The maximum atomic E-state index is 11.8. The standard InChI is InChI=1S/C12H16N2O4/c1-4-17-11-9(6-5-7-14-11)12(16)18-8(2)10(15)13-3/h5-8H,4H2,1-3H3,(H,13,15). The Morgan fingerprint density at radius 1 is 1.50 bits per heavy atom. The van der Waals surface area contributed by atoms with Crippen LogP contribution in [0.4, 0.5) is 0 Å². The Balaban J connectivity index is 2.81. The summed E-state index contributed by atoms with van der Waals surface area (Å²) in [6, 6.07) is 3.14. The normalized spacial score (nSPS) is 11.5. The number of likely N-dealkylation sites (N-methyl/N-ethyl adjacent to an activating group) is 1. The van der Waals surface area contributed by atoms with E-state index in [2.05, 4.69) is 10.3 Å². The van der Waals surface area contributed by atoms with E-state index in [-0.39, 0.29) is 17.4 Å². The van der Waals surface area contributed by atoms with Crippen LogP contribution in [-0.2, 0) is 9.53 Å². The zero-order valence-electron chi connectivity index (χ0n) is 10.6. The first-order valence-electron chi connectivity index (χ1n) is 5.60. The molecule has 0 fully saturated rings. The summed E-state index contributed by atoms with van der Waals surface area (Å²) in [6.07, 6.45) is 0.654. The fourth-order valence-corrected chi connectivity index (χ4v) is 1.28. The van der Waals surface area contributed by atoms with Crippen molar-refractivity contribution in [3.05, 3.63) is 23.9 Å². The van der Waals surface area contributed by atoms with Crippen LogP contribution in [0.5, 0.6) is 5.88 Å². The molecular weight excluding hydrogens is 236 g/mol. The van der Waals surface area contributed by atoms with E-state index >= 15 is 0 Å². The van der Waals surface area contributed by atoms with Gasteiger partial charge in [-0.05, 0) is 26.0 Å². The van der Waals surface area contributed by atoms with Crippen LogP contribution >= 0.6 is 0 Å². The van der Waals surface area contributed by atoms with E-state index in [1.807, 2.05) is 0 Å². The van der Waals surface area contributed by atoms with Crippen molar-refractivity contribution in [2.75, 3.05) is 13.7 Å². The van der Waals surface area contributed by atoms with E-state index in [9.17, 15) is 9.59 Å². The molecule has 1 aromatic rings. The maximum absolute atomic E-state index is 11.8. The Labute approximate surface area is 105 Å². The smallest absolute Gasteiger partial charge is 0.344 e. The lowest BCUT2D eigenvalue weighted by atomic mass is 10.2. The molecule has 6 heteroatoms. The molecule has 1 rings (SSSR count). The number of hydrogen-bond donors (Lipinski definition) is 1. The zero-order chi connectivity index (χ0) is 13.5. The zero-order valence-corrected chi connectivity index (χ0v) is 10.6. The lowest BCUT2D eigenvalue weighted by Crippen LogP contribution is -2.33. The molecule has 98 valence electrons. The minimum absolute atomic E-state index is 0.203. The number of carbonyl (C=O) groups is 2. The number of carbonyl (C=O) groups excluding carboxylic acids is 2. The molecule has 0 aliphatic rings. The third-order valence-corrected chi connectivity index (χ3v) is 2.17. The number of hydrogen-bond acceptors (Lipinski definition) is 5. The van der Waals surface area contributed by atoms with Crippen molar-refractivity contribution in [1.82, 2.24) is 10.3 Å². The van der Waals surface area contributed by atoms with Crippen LogP contribution in [0.2, 0.25) is 0 Å².